The van der Waals surface area contributed by atoms with Gasteiger partial charge in [0, 0.05) is 12.8 Å². The first-order valence-electron chi connectivity index (χ1n) is 4.70. The van der Waals surface area contributed by atoms with Crippen molar-refractivity contribution < 1.29 is 19.3 Å². The summed E-state index contributed by atoms with van der Waals surface area (Å²) in [5.74, 6) is -0.929. The number of imidazole rings is 1. The number of alkyl halides is 3. The number of halogens is 3. The summed E-state index contributed by atoms with van der Waals surface area (Å²) in [4.78, 5) is 31.4. The molecular weight excluding hydrogens is 308 g/mol. The molecule has 0 aromatic carbocycles. The van der Waals surface area contributed by atoms with Crippen LogP contribution in [0.15, 0.2) is 12.4 Å². The lowest BCUT2D eigenvalue weighted by Crippen LogP contribution is -2.38. The van der Waals surface area contributed by atoms with Crippen LogP contribution in [0, 0.1) is 0 Å². The van der Waals surface area contributed by atoms with Crippen molar-refractivity contribution in [2.45, 2.75) is 16.8 Å². The second-order valence-electron chi connectivity index (χ2n) is 3.25. The zero-order valence-electron chi connectivity index (χ0n) is 8.68. The molecule has 1 aromatic rings. The molecule has 0 radical (unpaired) electrons. The van der Waals surface area contributed by atoms with Gasteiger partial charge < -0.3 is 4.74 Å². The molecule has 7 nitrogen and oxygen atoms in total. The van der Waals surface area contributed by atoms with Crippen LogP contribution in [0.3, 0.4) is 0 Å². The number of amides is 2. The monoisotopic (exact) mass is 313 g/mol. The molecule has 10 heteroatoms. The normalized spacial score (nSPS) is 16.3. The summed E-state index contributed by atoms with van der Waals surface area (Å²) >= 11 is 16.3. The summed E-state index contributed by atoms with van der Waals surface area (Å²) in [6.45, 7) is 0. The van der Waals surface area contributed by atoms with Gasteiger partial charge in [-0.3, -0.25) is 14.5 Å². The molecule has 0 saturated carbocycles. The van der Waals surface area contributed by atoms with E-state index in [1.807, 2.05) is 0 Å². The van der Waals surface area contributed by atoms with Crippen molar-refractivity contribution in [3.8, 4) is 6.01 Å². The zero-order chi connectivity index (χ0) is 13.3. The Hall–Kier alpha value is -1.18. The molecule has 0 atom stereocenters. The number of ether oxygens (including phenoxy) is 1. The minimum absolute atomic E-state index is 0.0914. The number of aromatic nitrogens is 2. The number of hydroxylamine groups is 2. The van der Waals surface area contributed by atoms with Gasteiger partial charge in [-0.1, -0.05) is 5.06 Å². The van der Waals surface area contributed by atoms with Gasteiger partial charge in [-0.25, -0.2) is 4.98 Å². The number of carbonyl (C=O) groups excluding carboxylic acids is 2. The van der Waals surface area contributed by atoms with Crippen molar-refractivity contribution in [1.82, 2.24) is 14.8 Å². The van der Waals surface area contributed by atoms with Gasteiger partial charge in [0.15, 0.2) is 0 Å². The highest BCUT2D eigenvalue weighted by Crippen LogP contribution is 2.28. The summed E-state index contributed by atoms with van der Waals surface area (Å²) in [5, 5.41) is 0.604. The maximum absolute atomic E-state index is 11.3. The molecule has 98 valence electrons. The lowest BCUT2D eigenvalue weighted by atomic mass is 10.4. The van der Waals surface area contributed by atoms with Crippen LogP contribution < -0.4 is 9.68 Å². The quantitative estimate of drug-likeness (QED) is 0.616. The number of imide groups is 1. The van der Waals surface area contributed by atoms with Crippen molar-refractivity contribution in [2.24, 2.45) is 0 Å². The average Bonchev–Trinajstić information content (AvgIpc) is 2.78. The third kappa shape index (κ3) is 2.98. The minimum atomic E-state index is -2.04. The molecule has 1 aliphatic rings. The van der Waals surface area contributed by atoms with E-state index in [2.05, 4.69) is 4.98 Å². The molecule has 1 aliphatic heterocycles. The van der Waals surface area contributed by atoms with Gasteiger partial charge in [0.25, 0.3) is 11.8 Å². The number of nitrogens with zero attached hydrogens (tertiary/aromatic N) is 3. The third-order valence-corrected chi connectivity index (χ3v) is 2.19. The number of rotatable bonds is 3. The molecule has 1 aromatic heterocycles. The molecule has 0 unspecified atom stereocenters. The fraction of sp³-hybridized carbons (Fsp3) is 0.375. The van der Waals surface area contributed by atoms with Gasteiger partial charge in [0.2, 0.25) is 0 Å². The Bertz CT molecular complexity index is 468. The highest BCUT2D eigenvalue weighted by Gasteiger charge is 2.33. The molecular formula is C8H6Cl3N3O4. The Balaban J connectivity index is 2.13. The smallest absolute Gasteiger partial charge is 0.341 e. The van der Waals surface area contributed by atoms with Crippen LogP contribution >= 0.6 is 34.8 Å². The maximum atomic E-state index is 11.3. The average molecular weight is 315 g/mol. The number of hydrogen-bond donors (Lipinski definition) is 0. The van der Waals surface area contributed by atoms with Crippen LogP contribution in [-0.2, 0) is 9.59 Å². The molecule has 2 heterocycles. The Labute approximate surface area is 116 Å². The van der Waals surface area contributed by atoms with E-state index >= 15 is 0 Å². The van der Waals surface area contributed by atoms with Crippen molar-refractivity contribution in [2.75, 3.05) is 0 Å². The highest BCUT2D eigenvalue weighted by atomic mass is 35.6. The summed E-state index contributed by atoms with van der Waals surface area (Å²) in [6, 6.07) is -0.206. The SMILES string of the molecule is O=C1CCC(=O)N1On1ccnc1OC(Cl)(Cl)Cl. The first-order chi connectivity index (χ1) is 8.37. The van der Waals surface area contributed by atoms with E-state index in [1.165, 1.54) is 12.4 Å². The Morgan fingerprint density at radius 3 is 2.39 bits per heavy atom. The van der Waals surface area contributed by atoms with Crippen molar-refractivity contribution in [1.29, 1.82) is 0 Å². The Morgan fingerprint density at radius 1 is 1.22 bits per heavy atom. The van der Waals surface area contributed by atoms with Gasteiger partial charge in [-0.2, -0.15) is 0 Å². The van der Waals surface area contributed by atoms with Crippen LogP contribution in [-0.4, -0.2) is 30.6 Å². The van der Waals surface area contributed by atoms with Crippen LogP contribution in [0.25, 0.3) is 0 Å². The molecule has 0 spiro atoms. The van der Waals surface area contributed by atoms with E-state index in [4.69, 9.17) is 44.5 Å². The molecule has 2 amide bonds. The number of carbonyl (C=O) groups is 2. The van der Waals surface area contributed by atoms with E-state index in [0.717, 1.165) is 4.73 Å². The van der Waals surface area contributed by atoms with Crippen LogP contribution in [0.4, 0.5) is 0 Å². The van der Waals surface area contributed by atoms with Crippen LogP contribution in [0.1, 0.15) is 12.8 Å². The van der Waals surface area contributed by atoms with E-state index in [1.54, 1.807) is 0 Å². The summed E-state index contributed by atoms with van der Waals surface area (Å²) in [7, 11) is 0. The van der Waals surface area contributed by atoms with Gasteiger partial charge in [-0.05, 0) is 34.8 Å². The molecule has 1 fully saturated rings. The van der Waals surface area contributed by atoms with Gasteiger partial charge in [0.05, 0.1) is 12.4 Å². The summed E-state index contributed by atoms with van der Waals surface area (Å²) in [6.07, 6.45) is 2.77. The van der Waals surface area contributed by atoms with Crippen LogP contribution in [0.5, 0.6) is 6.01 Å². The third-order valence-electron chi connectivity index (χ3n) is 1.96. The van der Waals surface area contributed by atoms with Crippen molar-refractivity contribution in [3.05, 3.63) is 12.4 Å². The summed E-state index contributed by atoms with van der Waals surface area (Å²) < 4.78 is 3.70. The van der Waals surface area contributed by atoms with Crippen molar-refractivity contribution >= 4 is 46.6 Å². The highest BCUT2D eigenvalue weighted by molar-refractivity contribution is 6.66. The second kappa shape index (κ2) is 4.83. The fourth-order valence-corrected chi connectivity index (χ4v) is 1.46. The van der Waals surface area contributed by atoms with E-state index in [9.17, 15) is 9.59 Å². The summed E-state index contributed by atoms with van der Waals surface area (Å²) in [5.41, 5.74) is 0. The fourth-order valence-electron chi connectivity index (χ4n) is 1.25. The predicted molar refractivity (Wildman–Crippen MR) is 60.8 cm³/mol. The molecule has 0 bridgehead atoms. The van der Waals surface area contributed by atoms with Gasteiger partial charge in [-0.15, -0.1) is 4.73 Å². The molecule has 18 heavy (non-hydrogen) atoms. The van der Waals surface area contributed by atoms with Gasteiger partial charge >= 0.3 is 9.99 Å². The van der Waals surface area contributed by atoms with Crippen LogP contribution in [0.2, 0.25) is 0 Å². The first kappa shape index (κ1) is 13.3. The lowest BCUT2D eigenvalue weighted by molar-refractivity contribution is -0.189. The molecule has 0 N–H and O–H groups in total. The van der Waals surface area contributed by atoms with E-state index < -0.39 is 15.8 Å². The lowest BCUT2D eigenvalue weighted by Gasteiger charge is -2.17. The zero-order valence-corrected chi connectivity index (χ0v) is 10.9. The van der Waals surface area contributed by atoms with E-state index in [0.29, 0.717) is 5.06 Å². The largest absolute Gasteiger partial charge is 0.411 e. The molecule has 0 aliphatic carbocycles. The first-order valence-corrected chi connectivity index (χ1v) is 5.83. The second-order valence-corrected chi connectivity index (χ2v) is 5.42. The predicted octanol–water partition coefficient (Wildman–Crippen LogP) is 1.08. The minimum Gasteiger partial charge on any atom is -0.411 e. The Kier molecular flexibility index (Phi) is 3.56. The van der Waals surface area contributed by atoms with E-state index in [-0.39, 0.29) is 18.9 Å². The standard InChI is InChI=1S/C8H6Cl3N3O4/c9-8(10,11)17-7-12-3-4-13(7)18-14-5(15)1-2-6(14)16/h3-4H,1-2H2. The topological polar surface area (TPSA) is 73.7 Å². The van der Waals surface area contributed by atoms with Gasteiger partial charge in [0.1, 0.15) is 0 Å². The molecule has 1 saturated heterocycles. The van der Waals surface area contributed by atoms with Crippen molar-refractivity contribution in [3.63, 3.8) is 0 Å². The Morgan fingerprint density at radius 2 is 1.83 bits per heavy atom. The number of hydrogen-bond acceptors (Lipinski definition) is 5. The molecule has 2 rings (SSSR count). The maximum Gasteiger partial charge on any atom is 0.341 e.